The molecule has 10 heteroatoms. The molecule has 0 radical (unpaired) electrons. The zero-order valence-electron chi connectivity index (χ0n) is 13.6. The number of halogens is 1. The second kappa shape index (κ2) is 9.84. The van der Waals surface area contributed by atoms with Gasteiger partial charge in [-0.2, -0.15) is 0 Å². The number of carboxylic acids is 1. The lowest BCUT2D eigenvalue weighted by molar-refractivity contribution is 0.0591. The molecule has 0 aliphatic heterocycles. The summed E-state index contributed by atoms with van der Waals surface area (Å²) in [5.74, 6) is -2.16. The zero-order chi connectivity index (χ0) is 19.7. The zero-order valence-corrected chi connectivity index (χ0v) is 14.4. The molecule has 1 N–H and O–H groups in total. The molecular weight excluding hydrogens is 368 g/mol. The highest BCUT2D eigenvalue weighted by molar-refractivity contribution is 6.67. The van der Waals surface area contributed by atoms with Crippen LogP contribution in [0.2, 0.25) is 0 Å². The van der Waals surface area contributed by atoms with E-state index in [0.29, 0.717) is 0 Å². The van der Waals surface area contributed by atoms with Crippen molar-refractivity contribution >= 4 is 34.8 Å². The van der Waals surface area contributed by atoms with Gasteiger partial charge < -0.3 is 14.6 Å². The van der Waals surface area contributed by atoms with Crippen LogP contribution in [-0.4, -0.2) is 52.4 Å². The Bertz CT molecular complexity index is 735. The molecule has 0 fully saturated rings. The summed E-state index contributed by atoms with van der Waals surface area (Å²) >= 11 is 5.15. The number of ether oxygens (including phenoxy) is 2. The maximum Gasteiger partial charge on any atom is 0.354 e. The maximum absolute atomic E-state index is 10.9. The Labute approximate surface area is 152 Å². The van der Waals surface area contributed by atoms with Crippen molar-refractivity contribution in [3.05, 3.63) is 59.2 Å². The van der Waals surface area contributed by atoms with Gasteiger partial charge in [0, 0.05) is 12.4 Å². The van der Waals surface area contributed by atoms with Crippen LogP contribution < -0.4 is 0 Å². The quantitative estimate of drug-likeness (QED) is 0.622. The van der Waals surface area contributed by atoms with E-state index < -0.39 is 23.2 Å². The van der Waals surface area contributed by atoms with E-state index >= 15 is 0 Å². The van der Waals surface area contributed by atoms with Gasteiger partial charge in [0.1, 0.15) is 11.4 Å². The molecule has 0 bridgehead atoms. The largest absolute Gasteiger partial charge is 0.477 e. The molecule has 0 unspecified atom stereocenters. The van der Waals surface area contributed by atoms with E-state index in [-0.39, 0.29) is 22.5 Å². The van der Waals surface area contributed by atoms with Gasteiger partial charge in [0.25, 0.3) is 5.24 Å². The number of rotatable bonds is 4. The van der Waals surface area contributed by atoms with Crippen LogP contribution in [0.3, 0.4) is 0 Å². The summed E-state index contributed by atoms with van der Waals surface area (Å²) in [4.78, 5) is 50.0. The van der Waals surface area contributed by atoms with Gasteiger partial charge in [-0.25, -0.2) is 19.4 Å². The molecule has 0 atom stereocenters. The number of pyridine rings is 2. The number of hydrogen-bond donors (Lipinski definition) is 1. The van der Waals surface area contributed by atoms with Crippen molar-refractivity contribution in [2.45, 2.75) is 0 Å². The number of aromatic carboxylic acids is 1. The van der Waals surface area contributed by atoms with Crippen LogP contribution in [0.1, 0.15) is 41.7 Å². The number of nitrogens with zero attached hydrogens (tertiary/aromatic N) is 2. The molecule has 0 aliphatic carbocycles. The predicted octanol–water partition coefficient (Wildman–Crippen LogP) is 1.81. The Hall–Kier alpha value is -3.33. The van der Waals surface area contributed by atoms with Gasteiger partial charge in [-0.1, -0.05) is 0 Å². The normalized spacial score (nSPS) is 9.35. The minimum Gasteiger partial charge on any atom is -0.477 e. The number of hydrogen-bond acceptors (Lipinski definition) is 8. The molecule has 2 heterocycles. The number of carboxylic acid groups (broad SMARTS) is 1. The Morgan fingerprint density at radius 2 is 1.27 bits per heavy atom. The monoisotopic (exact) mass is 380 g/mol. The van der Waals surface area contributed by atoms with Gasteiger partial charge in [-0.15, -0.1) is 0 Å². The molecular formula is C16H13ClN2O7. The molecule has 0 aliphatic rings. The average molecular weight is 381 g/mol. The third-order valence-corrected chi connectivity index (χ3v) is 2.98. The van der Waals surface area contributed by atoms with Gasteiger partial charge in [0.15, 0.2) is 0 Å². The van der Waals surface area contributed by atoms with Gasteiger partial charge in [-0.05, 0) is 35.9 Å². The van der Waals surface area contributed by atoms with Crippen molar-refractivity contribution in [2.75, 3.05) is 14.2 Å². The summed E-state index contributed by atoms with van der Waals surface area (Å²) in [5.41, 5.74) is 0.513. The molecule has 0 spiro atoms. The van der Waals surface area contributed by atoms with Crippen LogP contribution in [0.25, 0.3) is 0 Å². The second-order valence-electron chi connectivity index (χ2n) is 4.43. The number of esters is 2. The van der Waals surface area contributed by atoms with Crippen LogP contribution in [0, 0.1) is 0 Å². The molecule has 2 aromatic heterocycles. The fourth-order valence-corrected chi connectivity index (χ4v) is 1.62. The van der Waals surface area contributed by atoms with Crippen molar-refractivity contribution in [3.63, 3.8) is 0 Å². The van der Waals surface area contributed by atoms with Crippen LogP contribution in [-0.2, 0) is 9.47 Å². The van der Waals surface area contributed by atoms with Crippen LogP contribution in [0.15, 0.2) is 36.7 Å². The van der Waals surface area contributed by atoms with E-state index in [1.165, 1.54) is 44.7 Å². The summed E-state index contributed by atoms with van der Waals surface area (Å²) in [6.07, 6.45) is 2.40. The average Bonchev–Trinajstić information content (AvgIpc) is 2.67. The van der Waals surface area contributed by atoms with Crippen LogP contribution >= 0.6 is 11.6 Å². The summed E-state index contributed by atoms with van der Waals surface area (Å²) < 4.78 is 8.85. The van der Waals surface area contributed by atoms with Crippen molar-refractivity contribution in [1.29, 1.82) is 0 Å². The van der Waals surface area contributed by atoms with E-state index in [1.54, 1.807) is 0 Å². The summed E-state index contributed by atoms with van der Waals surface area (Å²) in [5, 5.41) is 7.84. The topological polar surface area (TPSA) is 133 Å². The first-order chi connectivity index (χ1) is 12.3. The Morgan fingerprint density at radius 3 is 1.54 bits per heavy atom. The molecule has 136 valence electrons. The van der Waals surface area contributed by atoms with Gasteiger partial charge >= 0.3 is 17.9 Å². The fraction of sp³-hybridized carbons (Fsp3) is 0.125. The van der Waals surface area contributed by atoms with Gasteiger partial charge in [0.05, 0.1) is 25.3 Å². The Balaban J connectivity index is 0.000000260. The Morgan fingerprint density at radius 1 is 0.846 bits per heavy atom. The molecule has 9 nitrogen and oxygen atoms in total. The van der Waals surface area contributed by atoms with Gasteiger partial charge in [0.2, 0.25) is 0 Å². The first kappa shape index (κ1) is 20.7. The highest BCUT2D eigenvalue weighted by Gasteiger charge is 2.09. The standard InChI is InChI=1S/C8H6ClNO3.C8H7NO4/c1-13-8(12)5-2-3-6(7(9)11)10-4-5;1-13-8(12)5-2-3-6(7(10)11)9-4-5/h2-4H,1H3;2-4H,1H3,(H,10,11). The van der Waals surface area contributed by atoms with Crippen molar-refractivity contribution in [2.24, 2.45) is 0 Å². The lowest BCUT2D eigenvalue weighted by Crippen LogP contribution is -2.05. The number of methoxy groups -OCH3 is 2. The molecule has 0 saturated carbocycles. The Kier molecular flexibility index (Phi) is 7.84. The van der Waals surface area contributed by atoms with E-state index in [9.17, 15) is 19.2 Å². The number of carbonyl (C=O) groups is 4. The third kappa shape index (κ3) is 5.95. The maximum atomic E-state index is 10.9. The number of carbonyl (C=O) groups excluding carboxylic acids is 3. The molecule has 2 rings (SSSR count). The van der Waals surface area contributed by atoms with Crippen molar-refractivity contribution < 1.29 is 33.8 Å². The molecule has 2 aromatic rings. The summed E-state index contributed by atoms with van der Waals surface area (Å²) in [7, 11) is 2.51. The lowest BCUT2D eigenvalue weighted by atomic mass is 10.2. The summed E-state index contributed by atoms with van der Waals surface area (Å²) in [6.45, 7) is 0. The van der Waals surface area contributed by atoms with Crippen LogP contribution in [0.4, 0.5) is 0 Å². The van der Waals surface area contributed by atoms with E-state index in [1.807, 2.05) is 0 Å². The predicted molar refractivity (Wildman–Crippen MR) is 88.3 cm³/mol. The smallest absolute Gasteiger partial charge is 0.354 e. The lowest BCUT2D eigenvalue weighted by Gasteiger charge is -1.97. The van der Waals surface area contributed by atoms with E-state index in [0.717, 1.165) is 6.20 Å². The second-order valence-corrected chi connectivity index (χ2v) is 4.77. The highest BCUT2D eigenvalue weighted by Crippen LogP contribution is 2.04. The molecule has 0 saturated heterocycles. The first-order valence-corrected chi connectivity index (χ1v) is 7.19. The first-order valence-electron chi connectivity index (χ1n) is 6.82. The van der Waals surface area contributed by atoms with Crippen molar-refractivity contribution in [3.8, 4) is 0 Å². The summed E-state index contributed by atoms with van der Waals surface area (Å²) in [6, 6.07) is 5.38. The molecule has 0 aromatic carbocycles. The minimum atomic E-state index is -1.13. The van der Waals surface area contributed by atoms with Crippen molar-refractivity contribution in [1.82, 2.24) is 9.97 Å². The third-order valence-electron chi connectivity index (χ3n) is 2.79. The molecule has 0 amide bonds. The number of aromatic nitrogens is 2. The van der Waals surface area contributed by atoms with E-state index in [2.05, 4.69) is 19.4 Å². The van der Waals surface area contributed by atoms with Gasteiger partial charge in [-0.3, -0.25) is 9.78 Å². The van der Waals surface area contributed by atoms with E-state index in [4.69, 9.17) is 16.7 Å². The SMILES string of the molecule is COC(=O)c1ccc(C(=O)Cl)nc1.COC(=O)c1ccc(C(=O)O)nc1. The fourth-order valence-electron chi connectivity index (χ4n) is 1.51. The highest BCUT2D eigenvalue weighted by atomic mass is 35.5. The molecule has 26 heavy (non-hydrogen) atoms. The minimum absolute atomic E-state index is 0.104. The van der Waals surface area contributed by atoms with Crippen LogP contribution in [0.5, 0.6) is 0 Å².